The summed E-state index contributed by atoms with van der Waals surface area (Å²) < 4.78 is 151. The van der Waals surface area contributed by atoms with E-state index >= 15 is 0 Å². The number of alkyl halides is 12. The van der Waals surface area contributed by atoms with Gasteiger partial charge in [-0.25, -0.2) is 4.79 Å². The molecule has 16 heteroatoms. The van der Waals surface area contributed by atoms with Gasteiger partial charge in [0.15, 0.2) is 0 Å². The lowest BCUT2D eigenvalue weighted by Gasteiger charge is -2.47. The summed E-state index contributed by atoms with van der Waals surface area (Å²) in [6.07, 6.45) is -34.5. The summed E-state index contributed by atoms with van der Waals surface area (Å²) in [5.74, 6) is 0. The molecule has 4 nitrogen and oxygen atoms in total. The van der Waals surface area contributed by atoms with Crippen LogP contribution in [0.4, 0.5) is 57.5 Å². The second kappa shape index (κ2) is 5.20. The van der Waals surface area contributed by atoms with Gasteiger partial charge < -0.3 is 14.9 Å². The Hall–Kier alpha value is -1.61. The van der Waals surface area contributed by atoms with Crippen molar-refractivity contribution in [2.45, 2.75) is 35.9 Å². The molecule has 0 aromatic carbocycles. The molecule has 0 aromatic heterocycles. The summed E-state index contributed by atoms with van der Waals surface area (Å²) in [6.45, 7) is 0. The molecule has 0 aromatic rings. The van der Waals surface area contributed by atoms with Crippen molar-refractivity contribution in [3.8, 4) is 0 Å². The summed E-state index contributed by atoms with van der Waals surface area (Å²) in [4.78, 5) is 9.94. The van der Waals surface area contributed by atoms with Crippen LogP contribution in [0.1, 0.15) is 0 Å². The van der Waals surface area contributed by atoms with Crippen LogP contribution in [-0.4, -0.2) is 52.3 Å². The first kappa shape index (κ1) is 21.4. The first-order chi connectivity index (χ1) is 9.67. The van der Waals surface area contributed by atoms with Crippen LogP contribution >= 0.6 is 0 Å². The minimum Gasteiger partial charge on any atom is -0.450 e. The molecule has 0 atom stereocenters. The number of aliphatic hydroxyl groups is 1. The molecule has 0 aliphatic heterocycles. The summed E-state index contributed by atoms with van der Waals surface area (Å²) in [6, 6.07) is 0. The summed E-state index contributed by atoms with van der Waals surface area (Å²) in [5, 5.41) is 16.2. The molecule has 0 aliphatic rings. The van der Waals surface area contributed by atoms with Crippen LogP contribution in [0.2, 0.25) is 0 Å². The highest BCUT2D eigenvalue weighted by atomic mass is 19.4. The van der Waals surface area contributed by atoms with Crippen molar-refractivity contribution in [3.63, 3.8) is 0 Å². The van der Waals surface area contributed by atoms with Crippen molar-refractivity contribution in [2.75, 3.05) is 0 Å². The average molecular weight is 378 g/mol. The van der Waals surface area contributed by atoms with Gasteiger partial charge in [0.2, 0.25) is 0 Å². The van der Waals surface area contributed by atoms with Crippen molar-refractivity contribution >= 4 is 6.16 Å². The molecule has 0 spiro atoms. The Bertz CT molecular complexity index is 426. The lowest BCUT2D eigenvalue weighted by atomic mass is 9.79. The molecule has 0 fully saturated rings. The van der Waals surface area contributed by atoms with Crippen LogP contribution in [0.5, 0.6) is 0 Å². The van der Waals surface area contributed by atoms with E-state index in [1.807, 2.05) is 4.74 Å². The van der Waals surface area contributed by atoms with Crippen molar-refractivity contribution in [2.24, 2.45) is 0 Å². The average Bonchev–Trinajstić information content (AvgIpc) is 2.17. The highest BCUT2D eigenvalue weighted by Gasteiger charge is 2.96. The predicted octanol–water partition coefficient (Wildman–Crippen LogP) is 3.40. The first-order valence-corrected chi connectivity index (χ1v) is 4.58. The molecule has 0 radical (unpaired) electrons. The maximum atomic E-state index is 12.5. The number of carbonyl (C=O) groups is 1. The van der Waals surface area contributed by atoms with E-state index in [0.29, 0.717) is 0 Å². The van der Waals surface area contributed by atoms with Gasteiger partial charge >= 0.3 is 42.1 Å². The van der Waals surface area contributed by atoms with Crippen LogP contribution in [-0.2, 0) is 4.74 Å². The van der Waals surface area contributed by atoms with Gasteiger partial charge in [0.25, 0.3) is 0 Å². The number of rotatable bonds is 2. The Morgan fingerprint density at radius 3 is 1.04 bits per heavy atom. The largest absolute Gasteiger partial charge is 0.507 e. The van der Waals surface area contributed by atoms with E-state index < -0.39 is 42.1 Å². The number of hydrogen-bond donors (Lipinski definition) is 2. The summed E-state index contributed by atoms with van der Waals surface area (Å²) in [5.41, 5.74) is -15.2. The highest BCUT2D eigenvalue weighted by Crippen LogP contribution is 2.61. The van der Waals surface area contributed by atoms with Crippen LogP contribution in [0.25, 0.3) is 0 Å². The zero-order valence-corrected chi connectivity index (χ0v) is 9.75. The van der Waals surface area contributed by atoms with E-state index in [1.54, 1.807) is 0 Å². The van der Waals surface area contributed by atoms with E-state index in [-0.39, 0.29) is 0 Å². The molecule has 0 heterocycles. The van der Waals surface area contributed by atoms with E-state index in [2.05, 4.69) is 0 Å². The second-order valence-electron chi connectivity index (χ2n) is 3.75. The number of hydrogen-bond acceptors (Lipinski definition) is 3. The highest BCUT2D eigenvalue weighted by molar-refractivity contribution is 5.58. The topological polar surface area (TPSA) is 66.8 Å². The summed E-state index contributed by atoms with van der Waals surface area (Å²) in [7, 11) is 0. The maximum Gasteiger partial charge on any atom is 0.507 e. The first-order valence-electron chi connectivity index (χ1n) is 4.58. The molecule has 0 aliphatic carbocycles. The molecule has 2 N–H and O–H groups in total. The third-order valence-corrected chi connectivity index (χ3v) is 2.37. The molecule has 138 valence electrons. The molecular weight excluding hydrogens is 376 g/mol. The van der Waals surface area contributed by atoms with Gasteiger partial charge in [-0.05, 0) is 0 Å². The monoisotopic (exact) mass is 378 g/mol. The smallest absolute Gasteiger partial charge is 0.450 e. The Morgan fingerprint density at radius 2 is 0.913 bits per heavy atom. The zero-order valence-electron chi connectivity index (χ0n) is 9.75. The van der Waals surface area contributed by atoms with Gasteiger partial charge in [0, 0.05) is 0 Å². The summed E-state index contributed by atoms with van der Waals surface area (Å²) >= 11 is 0. The van der Waals surface area contributed by atoms with Gasteiger partial charge in [-0.3, -0.25) is 0 Å². The van der Waals surface area contributed by atoms with Crippen molar-refractivity contribution in [1.82, 2.24) is 0 Å². The quantitative estimate of drug-likeness (QED) is 0.571. The Kier molecular flexibility index (Phi) is 4.84. The van der Waals surface area contributed by atoms with Crippen LogP contribution < -0.4 is 0 Å². The molecule has 0 saturated heterocycles. The third-order valence-electron chi connectivity index (χ3n) is 2.37. The van der Waals surface area contributed by atoms with E-state index in [0.717, 1.165) is 0 Å². The predicted molar refractivity (Wildman–Crippen MR) is 41.0 cm³/mol. The van der Waals surface area contributed by atoms with Gasteiger partial charge in [0.05, 0.1) is 0 Å². The van der Waals surface area contributed by atoms with Crippen LogP contribution in [0.15, 0.2) is 0 Å². The molecule has 23 heavy (non-hydrogen) atoms. The molecule has 0 amide bonds. The van der Waals surface area contributed by atoms with Gasteiger partial charge in [-0.15, -0.1) is 0 Å². The lowest BCUT2D eigenvalue weighted by Crippen LogP contribution is -2.81. The van der Waals surface area contributed by atoms with E-state index in [1.165, 1.54) is 0 Å². The zero-order chi connectivity index (χ0) is 19.3. The van der Waals surface area contributed by atoms with Crippen LogP contribution in [0, 0.1) is 0 Å². The molecule has 0 unspecified atom stereocenters. The van der Waals surface area contributed by atoms with Crippen molar-refractivity contribution in [3.05, 3.63) is 0 Å². The van der Waals surface area contributed by atoms with Crippen molar-refractivity contribution in [1.29, 1.82) is 0 Å². The Balaban J connectivity index is 7.19. The standard InChI is InChI=1S/C7H2F12O4/c8-4(9,10)2(22,5(11,12)13)3(6(14,15)16,7(17,18)19)23-1(20)21/h22H,(H,20,21). The third kappa shape index (κ3) is 2.94. The van der Waals surface area contributed by atoms with E-state index in [4.69, 9.17) is 10.2 Å². The Labute approximate surface area is 116 Å². The fourth-order valence-corrected chi connectivity index (χ4v) is 1.45. The molecule has 0 rings (SSSR count). The normalized spacial score (nSPS) is 15.5. The Morgan fingerprint density at radius 1 is 0.652 bits per heavy atom. The minimum absolute atomic E-state index is 1.96. The van der Waals surface area contributed by atoms with Crippen molar-refractivity contribution < 1.29 is 72.4 Å². The van der Waals surface area contributed by atoms with Crippen LogP contribution in [0.3, 0.4) is 0 Å². The number of carboxylic acid groups (broad SMARTS) is 1. The fraction of sp³-hybridized carbons (Fsp3) is 0.857. The molecular formula is C7H2F12O4. The number of halogens is 12. The maximum absolute atomic E-state index is 12.5. The fourth-order valence-electron chi connectivity index (χ4n) is 1.45. The van der Waals surface area contributed by atoms with E-state index in [9.17, 15) is 57.5 Å². The SMILES string of the molecule is O=C(O)OC(C(F)(F)F)(C(F)(F)F)C(O)(C(F)(F)F)C(F)(F)F. The van der Waals surface area contributed by atoms with Gasteiger partial charge in [0.1, 0.15) is 0 Å². The van der Waals surface area contributed by atoms with Gasteiger partial charge in [-0.2, -0.15) is 52.7 Å². The minimum atomic E-state index is -7.69. The molecule has 0 bridgehead atoms. The molecule has 0 saturated carbocycles. The number of ether oxygens (including phenoxy) is 1. The van der Waals surface area contributed by atoms with Gasteiger partial charge in [-0.1, -0.05) is 0 Å². The second-order valence-corrected chi connectivity index (χ2v) is 3.75. The lowest BCUT2D eigenvalue weighted by molar-refractivity contribution is -0.494.